The minimum atomic E-state index is -0.226. The third-order valence-electron chi connectivity index (χ3n) is 3.76. The number of carbonyl (C=O) groups excluding carboxylic acids is 1. The highest BCUT2D eigenvalue weighted by atomic mass is 16.5. The van der Waals surface area contributed by atoms with Gasteiger partial charge < -0.3 is 14.4 Å². The molecule has 4 heteroatoms. The lowest BCUT2D eigenvalue weighted by Crippen LogP contribution is -2.25. The maximum absolute atomic E-state index is 11.3. The Morgan fingerprint density at radius 2 is 2.05 bits per heavy atom. The van der Waals surface area contributed by atoms with E-state index < -0.39 is 0 Å². The Kier molecular flexibility index (Phi) is 3.63. The SMILES string of the molecule is COc1ccc(CN(CC2CC2)C2=CC(=O)OC2)cc1. The van der Waals surface area contributed by atoms with Crippen molar-refractivity contribution < 1.29 is 14.3 Å². The monoisotopic (exact) mass is 273 g/mol. The van der Waals surface area contributed by atoms with Gasteiger partial charge in [0.05, 0.1) is 12.8 Å². The minimum Gasteiger partial charge on any atom is -0.497 e. The van der Waals surface area contributed by atoms with Crippen LogP contribution in [0.4, 0.5) is 0 Å². The normalized spacial score (nSPS) is 17.6. The van der Waals surface area contributed by atoms with Crippen molar-refractivity contribution in [2.24, 2.45) is 5.92 Å². The van der Waals surface area contributed by atoms with Gasteiger partial charge in [0.1, 0.15) is 12.4 Å². The van der Waals surface area contributed by atoms with E-state index in [4.69, 9.17) is 9.47 Å². The van der Waals surface area contributed by atoms with Crippen molar-refractivity contribution in [2.45, 2.75) is 19.4 Å². The molecule has 0 radical (unpaired) electrons. The van der Waals surface area contributed by atoms with Gasteiger partial charge in [-0.3, -0.25) is 0 Å². The summed E-state index contributed by atoms with van der Waals surface area (Å²) in [6, 6.07) is 8.07. The van der Waals surface area contributed by atoms with E-state index in [1.165, 1.54) is 18.4 Å². The smallest absolute Gasteiger partial charge is 0.333 e. The van der Waals surface area contributed by atoms with Gasteiger partial charge in [-0.1, -0.05) is 12.1 Å². The molecule has 0 spiro atoms. The predicted molar refractivity (Wildman–Crippen MR) is 75.2 cm³/mol. The molecule has 0 bridgehead atoms. The van der Waals surface area contributed by atoms with Gasteiger partial charge in [0.25, 0.3) is 0 Å². The largest absolute Gasteiger partial charge is 0.497 e. The minimum absolute atomic E-state index is 0.226. The first-order valence-electron chi connectivity index (χ1n) is 7.00. The van der Waals surface area contributed by atoms with Gasteiger partial charge in [-0.15, -0.1) is 0 Å². The summed E-state index contributed by atoms with van der Waals surface area (Å²) < 4.78 is 10.2. The number of nitrogens with zero attached hydrogens (tertiary/aromatic N) is 1. The molecule has 0 saturated heterocycles. The zero-order valence-corrected chi connectivity index (χ0v) is 11.7. The van der Waals surface area contributed by atoms with Gasteiger partial charge in [-0.05, 0) is 36.5 Å². The molecule has 1 saturated carbocycles. The van der Waals surface area contributed by atoms with Crippen LogP contribution in [0.5, 0.6) is 5.75 Å². The van der Waals surface area contributed by atoms with Crippen molar-refractivity contribution in [3.05, 3.63) is 41.6 Å². The van der Waals surface area contributed by atoms with Crippen molar-refractivity contribution in [1.82, 2.24) is 4.90 Å². The first-order valence-corrected chi connectivity index (χ1v) is 7.00. The van der Waals surface area contributed by atoms with Crippen LogP contribution in [0.15, 0.2) is 36.0 Å². The van der Waals surface area contributed by atoms with Crippen LogP contribution in [0.25, 0.3) is 0 Å². The molecule has 1 aliphatic carbocycles. The van der Waals surface area contributed by atoms with Crippen LogP contribution in [-0.4, -0.2) is 31.1 Å². The highest BCUT2D eigenvalue weighted by Gasteiger charge is 2.27. The van der Waals surface area contributed by atoms with E-state index in [1.807, 2.05) is 12.1 Å². The maximum Gasteiger partial charge on any atom is 0.333 e. The van der Waals surface area contributed by atoms with Gasteiger partial charge in [0, 0.05) is 19.2 Å². The number of methoxy groups -OCH3 is 1. The van der Waals surface area contributed by atoms with Crippen molar-refractivity contribution in [2.75, 3.05) is 20.3 Å². The third kappa shape index (κ3) is 3.13. The molecule has 0 atom stereocenters. The van der Waals surface area contributed by atoms with E-state index in [9.17, 15) is 4.79 Å². The second-order valence-corrected chi connectivity index (χ2v) is 5.42. The Morgan fingerprint density at radius 3 is 2.60 bits per heavy atom. The van der Waals surface area contributed by atoms with E-state index in [0.29, 0.717) is 6.61 Å². The van der Waals surface area contributed by atoms with Crippen LogP contribution in [-0.2, 0) is 16.1 Å². The Balaban J connectivity index is 1.71. The second-order valence-electron chi connectivity index (χ2n) is 5.42. The summed E-state index contributed by atoms with van der Waals surface area (Å²) in [7, 11) is 1.67. The van der Waals surface area contributed by atoms with Gasteiger partial charge in [-0.2, -0.15) is 0 Å². The number of esters is 1. The van der Waals surface area contributed by atoms with Gasteiger partial charge >= 0.3 is 5.97 Å². The highest BCUT2D eigenvalue weighted by Crippen LogP contribution is 2.32. The van der Waals surface area contributed by atoms with Crippen LogP contribution in [0.2, 0.25) is 0 Å². The average Bonchev–Trinajstić information content (AvgIpc) is 3.18. The van der Waals surface area contributed by atoms with Crippen LogP contribution in [0, 0.1) is 5.92 Å². The fraction of sp³-hybridized carbons (Fsp3) is 0.438. The standard InChI is InChI=1S/C16H19NO3/c1-19-15-6-4-13(5-7-15)10-17(9-12-2-3-12)14-8-16(18)20-11-14/h4-8,12H,2-3,9-11H2,1H3. The highest BCUT2D eigenvalue weighted by molar-refractivity contribution is 5.85. The number of rotatable bonds is 6. The van der Waals surface area contributed by atoms with Crippen LogP contribution in [0.1, 0.15) is 18.4 Å². The van der Waals surface area contributed by atoms with E-state index in [0.717, 1.165) is 30.5 Å². The molecule has 1 aliphatic heterocycles. The summed E-state index contributed by atoms with van der Waals surface area (Å²) >= 11 is 0. The van der Waals surface area contributed by atoms with Crippen LogP contribution < -0.4 is 4.74 Å². The van der Waals surface area contributed by atoms with E-state index in [2.05, 4.69) is 17.0 Å². The lowest BCUT2D eigenvalue weighted by Gasteiger charge is -2.25. The maximum atomic E-state index is 11.3. The molecule has 0 aromatic heterocycles. The number of carbonyl (C=O) groups is 1. The Labute approximate surface area is 119 Å². The summed E-state index contributed by atoms with van der Waals surface area (Å²) in [4.78, 5) is 13.5. The number of hydrogen-bond acceptors (Lipinski definition) is 4. The predicted octanol–water partition coefficient (Wildman–Crippen LogP) is 2.35. The zero-order valence-electron chi connectivity index (χ0n) is 11.7. The van der Waals surface area contributed by atoms with Crippen molar-refractivity contribution in [1.29, 1.82) is 0 Å². The number of cyclic esters (lactones) is 1. The summed E-state index contributed by atoms with van der Waals surface area (Å²) in [6.45, 7) is 2.22. The molecule has 4 nitrogen and oxygen atoms in total. The van der Waals surface area contributed by atoms with Crippen LogP contribution in [0.3, 0.4) is 0 Å². The molecule has 3 rings (SSSR count). The van der Waals surface area contributed by atoms with E-state index in [1.54, 1.807) is 13.2 Å². The molecule has 1 aromatic carbocycles. The summed E-state index contributed by atoms with van der Waals surface area (Å²) in [6.07, 6.45) is 4.20. The Bertz CT molecular complexity index is 517. The molecular weight excluding hydrogens is 254 g/mol. The topological polar surface area (TPSA) is 38.8 Å². The molecule has 1 aromatic rings. The molecule has 106 valence electrons. The lowest BCUT2D eigenvalue weighted by atomic mass is 10.2. The van der Waals surface area contributed by atoms with Crippen molar-refractivity contribution in [3.63, 3.8) is 0 Å². The molecule has 1 fully saturated rings. The molecule has 20 heavy (non-hydrogen) atoms. The molecule has 2 aliphatic rings. The fourth-order valence-corrected chi connectivity index (χ4v) is 2.39. The Morgan fingerprint density at radius 1 is 1.30 bits per heavy atom. The quantitative estimate of drug-likeness (QED) is 0.746. The number of benzene rings is 1. The van der Waals surface area contributed by atoms with Crippen LogP contribution >= 0.6 is 0 Å². The van der Waals surface area contributed by atoms with Gasteiger partial charge in [-0.25, -0.2) is 4.79 Å². The number of hydrogen-bond donors (Lipinski definition) is 0. The lowest BCUT2D eigenvalue weighted by molar-refractivity contribution is -0.135. The molecule has 0 amide bonds. The molecular formula is C16H19NO3. The summed E-state index contributed by atoms with van der Waals surface area (Å²) in [5.74, 6) is 1.40. The summed E-state index contributed by atoms with van der Waals surface area (Å²) in [5, 5.41) is 0. The fourth-order valence-electron chi connectivity index (χ4n) is 2.39. The van der Waals surface area contributed by atoms with Crippen molar-refractivity contribution >= 4 is 5.97 Å². The van der Waals surface area contributed by atoms with E-state index >= 15 is 0 Å². The second kappa shape index (κ2) is 5.57. The first kappa shape index (κ1) is 13.0. The van der Waals surface area contributed by atoms with Gasteiger partial charge in [0.15, 0.2) is 0 Å². The Hall–Kier alpha value is -1.97. The van der Waals surface area contributed by atoms with Crippen molar-refractivity contribution in [3.8, 4) is 5.75 Å². The van der Waals surface area contributed by atoms with Gasteiger partial charge in [0.2, 0.25) is 0 Å². The molecule has 0 unspecified atom stereocenters. The molecule has 1 heterocycles. The third-order valence-corrected chi connectivity index (χ3v) is 3.76. The number of ether oxygens (including phenoxy) is 2. The average molecular weight is 273 g/mol. The zero-order chi connectivity index (χ0) is 13.9. The van der Waals surface area contributed by atoms with E-state index in [-0.39, 0.29) is 5.97 Å². The summed E-state index contributed by atoms with van der Waals surface area (Å²) in [5.41, 5.74) is 2.21. The molecule has 0 N–H and O–H groups in total. The first-order chi connectivity index (χ1) is 9.74.